The van der Waals surface area contributed by atoms with E-state index >= 15 is 0 Å². The lowest BCUT2D eigenvalue weighted by Gasteiger charge is -2.32. The van der Waals surface area contributed by atoms with E-state index in [2.05, 4.69) is 15.1 Å². The number of ether oxygens (including phenoxy) is 1. The largest absolute Gasteiger partial charge is 0.468 e. The molecule has 3 aliphatic rings. The molecule has 23 heavy (non-hydrogen) atoms. The summed E-state index contributed by atoms with van der Waals surface area (Å²) in [4.78, 5) is 14.5. The number of rotatable bonds is 4. The number of aromatic nitrogens is 2. The number of hydrogen-bond acceptors (Lipinski definition) is 6. The van der Waals surface area contributed by atoms with E-state index in [1.165, 1.54) is 32.8 Å². The maximum Gasteiger partial charge on any atom is 0.323 e. The van der Waals surface area contributed by atoms with Gasteiger partial charge in [0.15, 0.2) is 0 Å². The second-order valence-electron chi connectivity index (χ2n) is 7.22. The lowest BCUT2D eigenvalue weighted by molar-refractivity contribution is -0.146. The van der Waals surface area contributed by atoms with E-state index in [0.29, 0.717) is 30.3 Å². The molecule has 4 rings (SSSR count). The zero-order valence-electron chi connectivity index (χ0n) is 13.7. The van der Waals surface area contributed by atoms with Crippen LogP contribution in [0.3, 0.4) is 0 Å². The summed E-state index contributed by atoms with van der Waals surface area (Å²) in [6.45, 7) is 0.570. The molecule has 0 aromatic carbocycles. The van der Waals surface area contributed by atoms with Crippen LogP contribution in [0.5, 0.6) is 0 Å². The Morgan fingerprint density at radius 2 is 2.04 bits per heavy atom. The summed E-state index contributed by atoms with van der Waals surface area (Å²) in [7, 11) is 1.48. The molecule has 0 unspecified atom stereocenters. The summed E-state index contributed by atoms with van der Waals surface area (Å²) in [5, 5.41) is 8.44. The molecule has 1 aromatic heterocycles. The highest BCUT2D eigenvalue weighted by molar-refractivity contribution is 5.76. The van der Waals surface area contributed by atoms with E-state index in [1.807, 2.05) is 0 Å². The fourth-order valence-corrected chi connectivity index (χ4v) is 4.45. The van der Waals surface area contributed by atoms with Crippen molar-refractivity contribution in [1.29, 1.82) is 0 Å². The molecule has 0 amide bonds. The molecule has 6 nitrogen and oxygen atoms in total. The van der Waals surface area contributed by atoms with Gasteiger partial charge in [-0.15, -0.1) is 10.2 Å². The molecular weight excluding hydrogens is 294 g/mol. The van der Waals surface area contributed by atoms with Gasteiger partial charge in [0, 0.05) is 12.0 Å². The Hall–Kier alpha value is -1.43. The van der Waals surface area contributed by atoms with Crippen molar-refractivity contribution in [2.24, 2.45) is 5.92 Å². The highest BCUT2D eigenvalue weighted by Gasteiger charge is 2.46. The lowest BCUT2D eigenvalue weighted by atomic mass is 9.85. The van der Waals surface area contributed by atoms with Gasteiger partial charge in [0.25, 0.3) is 0 Å². The molecule has 2 aliphatic carbocycles. The van der Waals surface area contributed by atoms with Gasteiger partial charge in [-0.25, -0.2) is 0 Å². The normalized spacial score (nSPS) is 31.6. The number of esters is 1. The molecule has 1 aromatic rings. The molecule has 6 heteroatoms. The Morgan fingerprint density at radius 1 is 1.22 bits per heavy atom. The first-order chi connectivity index (χ1) is 11.3. The summed E-state index contributed by atoms with van der Waals surface area (Å²) in [5.74, 6) is 2.35. The third-order valence-corrected chi connectivity index (χ3v) is 5.95. The Bertz CT molecular complexity index is 569. The molecule has 0 N–H and O–H groups in total. The number of methoxy groups -OCH3 is 1. The number of carbonyl (C=O) groups excluding carboxylic acids is 1. The van der Waals surface area contributed by atoms with Crippen LogP contribution >= 0.6 is 0 Å². The summed E-state index contributed by atoms with van der Waals surface area (Å²) >= 11 is 0. The van der Waals surface area contributed by atoms with Crippen LogP contribution in [0.4, 0.5) is 0 Å². The van der Waals surface area contributed by atoms with Crippen molar-refractivity contribution in [1.82, 2.24) is 15.1 Å². The molecular formula is C17H25N3O3. The van der Waals surface area contributed by atoms with Crippen LogP contribution in [-0.4, -0.2) is 40.3 Å². The number of fused-ring (bicyclic) bond motifs is 1. The quantitative estimate of drug-likeness (QED) is 0.795. The highest BCUT2D eigenvalue weighted by atomic mass is 16.5. The second kappa shape index (κ2) is 6.23. The van der Waals surface area contributed by atoms with Crippen molar-refractivity contribution in [2.45, 2.75) is 75.9 Å². The van der Waals surface area contributed by atoms with Gasteiger partial charge < -0.3 is 9.15 Å². The minimum absolute atomic E-state index is 0.127. The average Bonchev–Trinajstić information content (AvgIpc) is 3.11. The van der Waals surface area contributed by atoms with E-state index in [4.69, 9.17) is 9.15 Å². The maximum atomic E-state index is 12.2. The van der Waals surface area contributed by atoms with E-state index in [0.717, 1.165) is 31.6 Å². The van der Waals surface area contributed by atoms with Gasteiger partial charge in [0.2, 0.25) is 11.8 Å². The molecule has 0 bridgehead atoms. The van der Waals surface area contributed by atoms with Crippen LogP contribution in [0.25, 0.3) is 0 Å². The molecule has 1 saturated heterocycles. The smallest absolute Gasteiger partial charge is 0.323 e. The fraction of sp³-hybridized carbons (Fsp3) is 0.824. The Labute approximate surface area is 136 Å². The number of hydrogen-bond donors (Lipinski definition) is 0. The van der Waals surface area contributed by atoms with Gasteiger partial charge in [-0.1, -0.05) is 19.3 Å². The monoisotopic (exact) mass is 319 g/mol. The van der Waals surface area contributed by atoms with E-state index in [-0.39, 0.29) is 12.0 Å². The Balaban J connectivity index is 1.51. The van der Waals surface area contributed by atoms with E-state index in [1.54, 1.807) is 0 Å². The van der Waals surface area contributed by atoms with Crippen LogP contribution in [0, 0.1) is 5.92 Å². The van der Waals surface area contributed by atoms with Gasteiger partial charge in [-0.2, -0.15) is 0 Å². The molecule has 3 fully saturated rings. The second-order valence-corrected chi connectivity index (χ2v) is 7.22. The minimum atomic E-state index is -0.160. The number of nitrogens with zero attached hydrogens (tertiary/aromatic N) is 3. The molecule has 126 valence electrons. The van der Waals surface area contributed by atoms with Gasteiger partial charge in [-0.3, -0.25) is 9.69 Å². The summed E-state index contributed by atoms with van der Waals surface area (Å²) in [5.41, 5.74) is 0. The summed E-state index contributed by atoms with van der Waals surface area (Å²) < 4.78 is 10.9. The molecule has 1 aliphatic heterocycles. The van der Waals surface area contributed by atoms with Crippen molar-refractivity contribution in [3.8, 4) is 0 Å². The summed E-state index contributed by atoms with van der Waals surface area (Å²) in [6, 6.07) is 0.291. The fourth-order valence-electron chi connectivity index (χ4n) is 4.45. The highest BCUT2D eigenvalue weighted by Crippen LogP contribution is 2.41. The van der Waals surface area contributed by atoms with Crippen LogP contribution < -0.4 is 0 Å². The molecule has 2 saturated carbocycles. The first kappa shape index (κ1) is 15.1. The molecule has 3 atom stereocenters. The van der Waals surface area contributed by atoms with Gasteiger partial charge in [-0.05, 0) is 38.0 Å². The predicted octanol–water partition coefficient (Wildman–Crippen LogP) is 2.64. The minimum Gasteiger partial charge on any atom is -0.468 e. The molecule has 0 spiro atoms. The van der Waals surface area contributed by atoms with Crippen molar-refractivity contribution < 1.29 is 13.9 Å². The topological polar surface area (TPSA) is 68.5 Å². The van der Waals surface area contributed by atoms with Gasteiger partial charge in [0.05, 0.1) is 13.7 Å². The average molecular weight is 319 g/mol. The first-order valence-electron chi connectivity index (χ1n) is 8.92. The van der Waals surface area contributed by atoms with Gasteiger partial charge in [0.1, 0.15) is 6.04 Å². The third kappa shape index (κ3) is 2.77. The van der Waals surface area contributed by atoms with Crippen LogP contribution in [0.15, 0.2) is 4.42 Å². The van der Waals surface area contributed by atoms with Gasteiger partial charge >= 0.3 is 5.97 Å². The van der Waals surface area contributed by atoms with E-state index < -0.39 is 0 Å². The number of likely N-dealkylation sites (tertiary alicyclic amines) is 1. The standard InChI is InChI=1S/C17H25N3O3/c1-22-17(21)14-9-12-5-2-3-8-13(12)20(14)10-15-18-19-16(23-15)11-6-4-7-11/h11-14H,2-10H2,1H3/t12-,13+,14-/m0/s1. The van der Waals surface area contributed by atoms with Crippen LogP contribution in [-0.2, 0) is 16.1 Å². The Kier molecular flexibility index (Phi) is 4.09. The van der Waals surface area contributed by atoms with Crippen molar-refractivity contribution in [3.05, 3.63) is 11.8 Å². The zero-order valence-corrected chi connectivity index (χ0v) is 13.7. The Morgan fingerprint density at radius 3 is 2.78 bits per heavy atom. The molecule has 0 radical (unpaired) electrons. The van der Waals surface area contributed by atoms with Crippen molar-refractivity contribution >= 4 is 5.97 Å². The third-order valence-electron chi connectivity index (χ3n) is 5.95. The first-order valence-corrected chi connectivity index (χ1v) is 8.92. The van der Waals surface area contributed by atoms with Crippen LogP contribution in [0.1, 0.15) is 69.1 Å². The van der Waals surface area contributed by atoms with Crippen molar-refractivity contribution in [3.63, 3.8) is 0 Å². The zero-order chi connectivity index (χ0) is 15.8. The van der Waals surface area contributed by atoms with Crippen LogP contribution in [0.2, 0.25) is 0 Å². The van der Waals surface area contributed by atoms with Crippen molar-refractivity contribution in [2.75, 3.05) is 7.11 Å². The lowest BCUT2D eigenvalue weighted by Crippen LogP contribution is -2.42. The predicted molar refractivity (Wildman–Crippen MR) is 82.6 cm³/mol. The molecule has 2 heterocycles. The van der Waals surface area contributed by atoms with E-state index in [9.17, 15) is 4.79 Å². The maximum absolute atomic E-state index is 12.2. The SMILES string of the molecule is COC(=O)[C@@H]1C[C@@H]2CCCC[C@H]2N1Cc1nnc(C2CCC2)o1. The number of carbonyl (C=O) groups is 1. The summed E-state index contributed by atoms with van der Waals surface area (Å²) in [6.07, 6.45) is 9.34.